The van der Waals surface area contributed by atoms with Gasteiger partial charge >= 0.3 is 0 Å². The van der Waals surface area contributed by atoms with Crippen molar-refractivity contribution in [2.45, 2.75) is 26.5 Å². The van der Waals surface area contributed by atoms with E-state index in [1.54, 1.807) is 6.08 Å². The Balaban J connectivity index is 1.80. The maximum Gasteiger partial charge on any atom is 0.293 e. The lowest BCUT2D eigenvalue weighted by atomic mass is 10.2. The molecule has 4 nitrogen and oxygen atoms in total. The second kappa shape index (κ2) is 8.63. The summed E-state index contributed by atoms with van der Waals surface area (Å²) in [6.45, 7) is 4.16. The molecule has 1 heterocycles. The highest BCUT2D eigenvalue weighted by Crippen LogP contribution is 2.35. The summed E-state index contributed by atoms with van der Waals surface area (Å²) < 4.78 is 7.37. The molecule has 7 heteroatoms. The number of amides is 2. The molecule has 0 saturated carbocycles. The number of imide groups is 1. The number of hydrogen-bond donors (Lipinski definition) is 0. The number of hydrogen-bond acceptors (Lipinski definition) is 4. The van der Waals surface area contributed by atoms with Crippen LogP contribution in [0.4, 0.5) is 4.79 Å². The molecule has 1 saturated heterocycles. The molecule has 0 bridgehead atoms. The summed E-state index contributed by atoms with van der Waals surface area (Å²) in [4.78, 5) is 26.7. The lowest BCUT2D eigenvalue weighted by Crippen LogP contribution is -2.27. The average Bonchev–Trinajstić information content (AvgIpc) is 2.86. The molecule has 1 fully saturated rings. The van der Waals surface area contributed by atoms with Crippen LogP contribution >= 0.6 is 43.6 Å². The van der Waals surface area contributed by atoms with Gasteiger partial charge in [-0.05, 0) is 76.9 Å². The minimum absolute atomic E-state index is 0.0703. The number of ether oxygens (including phenoxy) is 1. The Morgan fingerprint density at radius 1 is 1.11 bits per heavy atom. The van der Waals surface area contributed by atoms with Crippen molar-refractivity contribution in [1.82, 2.24) is 4.90 Å². The van der Waals surface area contributed by atoms with Gasteiger partial charge < -0.3 is 4.74 Å². The summed E-state index contributed by atoms with van der Waals surface area (Å²) >= 11 is 7.90. The molecule has 2 amide bonds. The highest BCUT2D eigenvalue weighted by molar-refractivity contribution is 9.10. The summed E-state index contributed by atoms with van der Waals surface area (Å²) in [7, 11) is 0. The molecule has 2 aromatic carbocycles. The maximum atomic E-state index is 12.7. The molecule has 140 valence electrons. The van der Waals surface area contributed by atoms with E-state index in [2.05, 4.69) is 31.9 Å². The molecule has 0 spiro atoms. The normalized spacial score (nSPS) is 15.9. The topological polar surface area (TPSA) is 46.6 Å². The van der Waals surface area contributed by atoms with Crippen molar-refractivity contribution in [3.05, 3.63) is 67.4 Å². The van der Waals surface area contributed by atoms with Gasteiger partial charge in [-0.15, -0.1) is 0 Å². The molecule has 0 radical (unpaired) electrons. The van der Waals surface area contributed by atoms with Crippen LogP contribution in [-0.4, -0.2) is 22.2 Å². The maximum absolute atomic E-state index is 12.7. The fraction of sp³-hybridized carbons (Fsp3) is 0.200. The number of thioether (sulfide) groups is 1. The smallest absolute Gasteiger partial charge is 0.293 e. The van der Waals surface area contributed by atoms with Crippen molar-refractivity contribution in [2.75, 3.05) is 0 Å². The first-order valence-electron chi connectivity index (χ1n) is 8.30. The van der Waals surface area contributed by atoms with Crippen LogP contribution in [0.5, 0.6) is 5.75 Å². The number of nitrogens with zero attached hydrogens (tertiary/aromatic N) is 1. The summed E-state index contributed by atoms with van der Waals surface area (Å²) in [6.07, 6.45) is 1.80. The van der Waals surface area contributed by atoms with Crippen LogP contribution in [0, 0.1) is 0 Å². The minimum Gasteiger partial charge on any atom is -0.490 e. The Morgan fingerprint density at radius 3 is 2.52 bits per heavy atom. The third kappa shape index (κ3) is 4.83. The van der Waals surface area contributed by atoms with Gasteiger partial charge in [0.1, 0.15) is 5.75 Å². The van der Waals surface area contributed by atoms with Crippen LogP contribution in [0.3, 0.4) is 0 Å². The lowest BCUT2D eigenvalue weighted by molar-refractivity contribution is -0.123. The van der Waals surface area contributed by atoms with E-state index in [9.17, 15) is 9.59 Å². The first-order chi connectivity index (χ1) is 12.8. The van der Waals surface area contributed by atoms with Crippen LogP contribution in [0.15, 0.2) is 56.3 Å². The molecule has 2 aromatic rings. The standard InChI is InChI=1S/C20H17Br2NO3S/c1-12(2)26-17-8-7-13(9-16(17)22)10-18-19(24)23(20(25)27-18)11-14-5-3-4-6-15(14)21/h3-10,12H,11H2,1-2H3/b18-10-. The predicted octanol–water partition coefficient (Wildman–Crippen LogP) is 6.24. The van der Waals surface area contributed by atoms with Crippen molar-refractivity contribution in [2.24, 2.45) is 0 Å². The molecule has 0 aliphatic carbocycles. The molecule has 0 atom stereocenters. The molecular formula is C20H17Br2NO3S. The first kappa shape index (κ1) is 20.2. The molecular weight excluding hydrogens is 494 g/mol. The molecule has 0 unspecified atom stereocenters. The number of carbonyl (C=O) groups is 2. The fourth-order valence-corrected chi connectivity index (χ4v) is 4.28. The molecule has 0 aromatic heterocycles. The fourth-order valence-electron chi connectivity index (χ4n) is 2.54. The SMILES string of the molecule is CC(C)Oc1ccc(/C=C2\SC(=O)N(Cc3ccccc3Br)C2=O)cc1Br. The zero-order chi connectivity index (χ0) is 19.6. The van der Waals surface area contributed by atoms with Gasteiger partial charge in [0, 0.05) is 4.47 Å². The molecule has 3 rings (SSSR count). The number of rotatable bonds is 5. The molecule has 1 aliphatic rings. The Kier molecular flexibility index (Phi) is 6.44. The van der Waals surface area contributed by atoms with Crippen LogP contribution in [-0.2, 0) is 11.3 Å². The second-order valence-corrected chi connectivity index (χ2v) is 8.92. The van der Waals surface area contributed by atoms with E-state index in [4.69, 9.17) is 4.74 Å². The van der Waals surface area contributed by atoms with Crippen molar-refractivity contribution in [3.63, 3.8) is 0 Å². The Labute approximate surface area is 179 Å². The average molecular weight is 511 g/mol. The zero-order valence-corrected chi connectivity index (χ0v) is 18.7. The van der Waals surface area contributed by atoms with Gasteiger partial charge in [0.25, 0.3) is 11.1 Å². The van der Waals surface area contributed by atoms with E-state index in [1.807, 2.05) is 56.3 Å². The van der Waals surface area contributed by atoms with Gasteiger partial charge in [-0.2, -0.15) is 0 Å². The van der Waals surface area contributed by atoms with Gasteiger partial charge in [-0.25, -0.2) is 0 Å². The van der Waals surface area contributed by atoms with Gasteiger partial charge in [0.2, 0.25) is 0 Å². The predicted molar refractivity (Wildman–Crippen MR) is 116 cm³/mol. The summed E-state index contributed by atoms with van der Waals surface area (Å²) in [5.74, 6) is 0.462. The molecule has 27 heavy (non-hydrogen) atoms. The largest absolute Gasteiger partial charge is 0.490 e. The molecule has 1 aliphatic heterocycles. The summed E-state index contributed by atoms with van der Waals surface area (Å²) in [6, 6.07) is 13.1. The second-order valence-electron chi connectivity index (χ2n) is 6.22. The third-order valence-electron chi connectivity index (χ3n) is 3.78. The Bertz CT molecular complexity index is 927. The Morgan fingerprint density at radius 2 is 1.85 bits per heavy atom. The van der Waals surface area contributed by atoms with Crippen LogP contribution in [0.2, 0.25) is 0 Å². The van der Waals surface area contributed by atoms with E-state index in [0.717, 1.165) is 37.6 Å². The monoisotopic (exact) mass is 509 g/mol. The summed E-state index contributed by atoms with van der Waals surface area (Å²) in [5, 5.41) is -0.263. The van der Waals surface area contributed by atoms with Gasteiger partial charge in [-0.3, -0.25) is 14.5 Å². The van der Waals surface area contributed by atoms with E-state index in [1.165, 1.54) is 4.90 Å². The van der Waals surface area contributed by atoms with Crippen molar-refractivity contribution < 1.29 is 14.3 Å². The van der Waals surface area contributed by atoms with E-state index < -0.39 is 0 Å². The van der Waals surface area contributed by atoms with E-state index >= 15 is 0 Å². The first-order valence-corrected chi connectivity index (χ1v) is 10.7. The van der Waals surface area contributed by atoms with Crippen LogP contribution in [0.25, 0.3) is 6.08 Å². The highest BCUT2D eigenvalue weighted by atomic mass is 79.9. The van der Waals surface area contributed by atoms with Crippen molar-refractivity contribution >= 4 is 60.8 Å². The quantitative estimate of drug-likeness (QED) is 0.447. The van der Waals surface area contributed by atoms with Gasteiger partial charge in [0.05, 0.1) is 22.0 Å². The minimum atomic E-state index is -0.278. The van der Waals surface area contributed by atoms with Crippen molar-refractivity contribution in [3.8, 4) is 5.75 Å². The molecule has 0 N–H and O–H groups in total. The third-order valence-corrected chi connectivity index (χ3v) is 6.08. The summed E-state index contributed by atoms with van der Waals surface area (Å²) in [5.41, 5.74) is 1.71. The number of carbonyl (C=O) groups excluding carboxylic acids is 2. The lowest BCUT2D eigenvalue weighted by Gasteiger charge is -2.13. The zero-order valence-electron chi connectivity index (χ0n) is 14.7. The van der Waals surface area contributed by atoms with Crippen molar-refractivity contribution in [1.29, 1.82) is 0 Å². The number of halogens is 2. The van der Waals surface area contributed by atoms with Crippen LogP contribution < -0.4 is 4.74 Å². The highest BCUT2D eigenvalue weighted by Gasteiger charge is 2.35. The van der Waals surface area contributed by atoms with Gasteiger partial charge in [-0.1, -0.05) is 40.2 Å². The van der Waals surface area contributed by atoms with E-state index in [0.29, 0.717) is 4.91 Å². The Hall–Kier alpha value is -1.57. The number of benzene rings is 2. The van der Waals surface area contributed by atoms with Crippen LogP contribution in [0.1, 0.15) is 25.0 Å². The van der Waals surface area contributed by atoms with Gasteiger partial charge in [0.15, 0.2) is 0 Å². The van der Waals surface area contributed by atoms with E-state index in [-0.39, 0.29) is 23.8 Å².